The van der Waals surface area contributed by atoms with Crippen LogP contribution in [0, 0.1) is 13.8 Å². The van der Waals surface area contributed by atoms with Crippen LogP contribution in [-0.2, 0) is 17.5 Å². The van der Waals surface area contributed by atoms with E-state index in [9.17, 15) is 18.0 Å². The van der Waals surface area contributed by atoms with Crippen LogP contribution in [0.5, 0.6) is 0 Å². The van der Waals surface area contributed by atoms with E-state index in [1.807, 2.05) is 0 Å². The minimum Gasteiger partial charge on any atom is -0.323 e. The second-order valence-corrected chi connectivity index (χ2v) is 6.77. The molecule has 3 rings (SSSR count). The summed E-state index contributed by atoms with van der Waals surface area (Å²) in [5, 5.41) is 7.17. The lowest BCUT2D eigenvalue weighted by Gasteiger charge is -2.10. The Morgan fingerprint density at radius 2 is 1.93 bits per heavy atom. The number of nitrogens with one attached hydrogen (secondary N) is 1. The van der Waals surface area contributed by atoms with E-state index < -0.39 is 17.6 Å². The molecular formula is C17H13Cl2F3N4O. The maximum absolute atomic E-state index is 13.3. The first kappa shape index (κ1) is 19.4. The molecule has 0 radical (unpaired) electrons. The molecule has 1 N–H and O–H groups in total. The minimum absolute atomic E-state index is 0.00261. The molecule has 0 aliphatic rings. The molecule has 0 aliphatic carbocycles. The molecule has 0 saturated carbocycles. The Morgan fingerprint density at radius 3 is 2.56 bits per heavy atom. The summed E-state index contributed by atoms with van der Waals surface area (Å²) in [6.07, 6.45) is -4.55. The van der Waals surface area contributed by atoms with E-state index in [1.165, 1.54) is 26.0 Å². The van der Waals surface area contributed by atoms with Crippen molar-refractivity contribution in [1.29, 1.82) is 0 Å². The van der Waals surface area contributed by atoms with Crippen molar-refractivity contribution >= 4 is 45.8 Å². The van der Waals surface area contributed by atoms with Crippen molar-refractivity contribution in [3.05, 3.63) is 51.3 Å². The highest BCUT2D eigenvalue weighted by Crippen LogP contribution is 2.36. The molecule has 0 bridgehead atoms. The molecule has 2 heterocycles. The second kappa shape index (κ2) is 7.01. The zero-order chi connectivity index (χ0) is 19.9. The van der Waals surface area contributed by atoms with Crippen molar-refractivity contribution in [2.75, 3.05) is 5.32 Å². The van der Waals surface area contributed by atoms with Crippen LogP contribution < -0.4 is 5.32 Å². The van der Waals surface area contributed by atoms with E-state index in [-0.39, 0.29) is 34.0 Å². The van der Waals surface area contributed by atoms with Crippen LogP contribution in [0.1, 0.15) is 17.0 Å². The Morgan fingerprint density at radius 1 is 1.22 bits per heavy atom. The molecule has 0 aliphatic heterocycles. The molecule has 0 fully saturated rings. The number of carbonyl (C=O) groups excluding carboxylic acids is 1. The van der Waals surface area contributed by atoms with E-state index in [0.29, 0.717) is 10.7 Å². The minimum atomic E-state index is -4.55. The molecule has 0 unspecified atom stereocenters. The highest BCUT2D eigenvalue weighted by Gasteiger charge is 2.35. The van der Waals surface area contributed by atoms with Crippen LogP contribution in [0.2, 0.25) is 10.0 Å². The van der Waals surface area contributed by atoms with Gasteiger partial charge in [0.25, 0.3) is 0 Å². The fourth-order valence-corrected chi connectivity index (χ4v) is 3.18. The molecule has 3 aromatic rings. The summed E-state index contributed by atoms with van der Waals surface area (Å²) in [6, 6.07) is 5.51. The number of pyridine rings is 1. The molecule has 10 heteroatoms. The zero-order valence-corrected chi connectivity index (χ0v) is 15.7. The van der Waals surface area contributed by atoms with Crippen molar-refractivity contribution in [2.24, 2.45) is 0 Å². The normalized spacial score (nSPS) is 11.8. The summed E-state index contributed by atoms with van der Waals surface area (Å²) < 4.78 is 41.2. The van der Waals surface area contributed by atoms with Crippen molar-refractivity contribution in [2.45, 2.75) is 26.6 Å². The molecular weight excluding hydrogens is 404 g/mol. The van der Waals surface area contributed by atoms with Gasteiger partial charge in [-0.3, -0.25) is 4.79 Å². The van der Waals surface area contributed by atoms with Crippen molar-refractivity contribution < 1.29 is 18.0 Å². The summed E-state index contributed by atoms with van der Waals surface area (Å²) in [4.78, 5) is 16.5. The van der Waals surface area contributed by atoms with Crippen LogP contribution in [-0.4, -0.2) is 20.7 Å². The van der Waals surface area contributed by atoms with Crippen LogP contribution in [0.4, 0.5) is 18.9 Å². The van der Waals surface area contributed by atoms with Gasteiger partial charge in [0.05, 0.1) is 27.4 Å². The number of anilines is 1. The van der Waals surface area contributed by atoms with Gasteiger partial charge in [-0.2, -0.15) is 18.3 Å². The first-order valence-corrected chi connectivity index (χ1v) is 8.48. The van der Waals surface area contributed by atoms with Crippen molar-refractivity contribution in [3.8, 4) is 0 Å². The first-order chi connectivity index (χ1) is 12.6. The predicted molar refractivity (Wildman–Crippen MR) is 97.1 cm³/mol. The molecule has 0 saturated heterocycles. The number of rotatable bonds is 3. The molecule has 27 heavy (non-hydrogen) atoms. The number of nitrogens with zero attached hydrogens (tertiary/aromatic N) is 3. The number of amides is 1. The summed E-state index contributed by atoms with van der Waals surface area (Å²) >= 11 is 11.8. The van der Waals surface area contributed by atoms with Crippen LogP contribution in [0.3, 0.4) is 0 Å². The lowest BCUT2D eigenvalue weighted by Crippen LogP contribution is -2.20. The number of hydrogen-bond donors (Lipinski definition) is 1. The van der Waals surface area contributed by atoms with Gasteiger partial charge in [-0.15, -0.1) is 0 Å². The Balaban J connectivity index is 1.96. The fourth-order valence-electron chi connectivity index (χ4n) is 2.73. The first-order valence-electron chi connectivity index (χ1n) is 7.73. The molecule has 1 aromatic carbocycles. The van der Waals surface area contributed by atoms with Crippen molar-refractivity contribution in [3.63, 3.8) is 0 Å². The standard InChI is InChI=1S/C17H13Cl2F3N4O/c1-8-5-11(17(20,21)22)15-9(2)25-26(16(15)23-8)7-14(27)24-13-4-3-10(18)6-12(13)19/h3-6H,7H2,1-2H3,(H,24,27). The smallest absolute Gasteiger partial charge is 0.323 e. The van der Waals surface area contributed by atoms with Gasteiger partial charge in [-0.1, -0.05) is 23.2 Å². The van der Waals surface area contributed by atoms with E-state index >= 15 is 0 Å². The Kier molecular flexibility index (Phi) is 5.05. The van der Waals surface area contributed by atoms with Crippen molar-refractivity contribution in [1.82, 2.24) is 14.8 Å². The molecule has 1 amide bonds. The third-order valence-corrected chi connectivity index (χ3v) is 4.36. The SMILES string of the molecule is Cc1cc(C(F)(F)F)c2c(C)nn(CC(=O)Nc3ccc(Cl)cc3Cl)c2n1. The molecule has 142 valence electrons. The van der Waals surface area contributed by atoms with Crippen LogP contribution in [0.25, 0.3) is 11.0 Å². The summed E-state index contributed by atoms with van der Waals surface area (Å²) in [5.41, 5.74) is -0.175. The topological polar surface area (TPSA) is 59.8 Å². The van der Waals surface area contributed by atoms with Gasteiger partial charge in [0.15, 0.2) is 5.65 Å². The number of alkyl halides is 3. The van der Waals surface area contributed by atoms with Gasteiger partial charge < -0.3 is 5.32 Å². The number of aryl methyl sites for hydroxylation is 2. The molecule has 0 spiro atoms. The average Bonchev–Trinajstić information content (AvgIpc) is 2.84. The average molecular weight is 417 g/mol. The number of fused-ring (bicyclic) bond motifs is 1. The van der Waals surface area contributed by atoms with Gasteiger partial charge in [0.1, 0.15) is 6.54 Å². The molecule has 0 atom stereocenters. The number of hydrogen-bond acceptors (Lipinski definition) is 3. The van der Waals surface area contributed by atoms with Gasteiger partial charge in [0.2, 0.25) is 5.91 Å². The predicted octanol–water partition coefficient (Wildman–Crippen LogP) is 5.01. The maximum atomic E-state index is 13.3. The number of aromatic nitrogens is 3. The number of benzene rings is 1. The fraction of sp³-hybridized carbons (Fsp3) is 0.235. The van der Waals surface area contributed by atoms with Crippen LogP contribution in [0.15, 0.2) is 24.3 Å². The quantitative estimate of drug-likeness (QED) is 0.652. The number of halogens is 5. The third-order valence-electron chi connectivity index (χ3n) is 3.81. The highest BCUT2D eigenvalue weighted by atomic mass is 35.5. The van der Waals surface area contributed by atoms with E-state index in [0.717, 1.165) is 10.7 Å². The van der Waals surface area contributed by atoms with E-state index in [1.54, 1.807) is 6.07 Å². The van der Waals surface area contributed by atoms with Gasteiger partial charge in [0, 0.05) is 10.7 Å². The molecule has 5 nitrogen and oxygen atoms in total. The Labute approximate surface area is 162 Å². The maximum Gasteiger partial charge on any atom is 0.417 e. The third kappa shape index (κ3) is 4.01. The monoisotopic (exact) mass is 416 g/mol. The highest BCUT2D eigenvalue weighted by molar-refractivity contribution is 6.36. The summed E-state index contributed by atoms with van der Waals surface area (Å²) in [7, 11) is 0. The zero-order valence-electron chi connectivity index (χ0n) is 14.2. The molecule has 2 aromatic heterocycles. The van der Waals surface area contributed by atoms with E-state index in [4.69, 9.17) is 23.2 Å². The van der Waals surface area contributed by atoms with Gasteiger partial charge >= 0.3 is 6.18 Å². The Bertz CT molecular complexity index is 1050. The largest absolute Gasteiger partial charge is 0.417 e. The lowest BCUT2D eigenvalue weighted by atomic mass is 10.1. The summed E-state index contributed by atoms with van der Waals surface area (Å²) in [6.45, 7) is 2.57. The van der Waals surface area contributed by atoms with Gasteiger partial charge in [-0.05, 0) is 38.1 Å². The lowest BCUT2D eigenvalue weighted by molar-refractivity contribution is -0.136. The van der Waals surface area contributed by atoms with Gasteiger partial charge in [-0.25, -0.2) is 9.67 Å². The van der Waals surface area contributed by atoms with Crippen LogP contribution >= 0.6 is 23.2 Å². The Hall–Kier alpha value is -2.32. The number of carbonyl (C=O) groups is 1. The van der Waals surface area contributed by atoms with E-state index in [2.05, 4.69) is 15.4 Å². The second-order valence-electron chi connectivity index (χ2n) is 5.92. The summed E-state index contributed by atoms with van der Waals surface area (Å²) in [5.74, 6) is -0.513.